The number of aromatic nitrogens is 4. The number of fused-ring (bicyclic) bond motifs is 3. The number of nitrogens with zero attached hydrogens (tertiary/aromatic N) is 4. The van der Waals surface area contributed by atoms with Crippen molar-refractivity contribution >= 4 is 22.9 Å². The summed E-state index contributed by atoms with van der Waals surface area (Å²) in [5, 5.41) is 0.843. The zero-order valence-electron chi connectivity index (χ0n) is 11.0. The summed E-state index contributed by atoms with van der Waals surface area (Å²) in [6, 6.07) is 0. The fraction of sp³-hybridized carbons (Fsp3) is 0.583. The van der Waals surface area contributed by atoms with Crippen LogP contribution in [0.5, 0.6) is 0 Å². The van der Waals surface area contributed by atoms with Gasteiger partial charge >= 0.3 is 5.69 Å². The Morgan fingerprint density at radius 3 is 2.89 bits per heavy atom. The SMILES string of the molecule is CCCCn1c(=O)c2c(nc3n2CCS3)n(C)c1=O. The minimum absolute atomic E-state index is 0.201. The van der Waals surface area contributed by atoms with E-state index in [1.807, 2.05) is 11.5 Å². The van der Waals surface area contributed by atoms with Crippen LogP contribution in [-0.2, 0) is 20.1 Å². The molecule has 3 heterocycles. The van der Waals surface area contributed by atoms with Gasteiger partial charge in [-0.05, 0) is 6.42 Å². The molecule has 7 heteroatoms. The molecular formula is C12H16N4O2S. The average Bonchev–Trinajstić information content (AvgIpc) is 2.96. The summed E-state index contributed by atoms with van der Waals surface area (Å²) in [4.78, 5) is 29.1. The fourth-order valence-electron chi connectivity index (χ4n) is 2.41. The van der Waals surface area contributed by atoms with Crippen LogP contribution in [0.3, 0.4) is 0 Å². The third-order valence-corrected chi connectivity index (χ3v) is 4.44. The number of hydrogen-bond acceptors (Lipinski definition) is 4. The van der Waals surface area contributed by atoms with Crippen molar-refractivity contribution in [1.29, 1.82) is 0 Å². The number of hydrogen-bond donors (Lipinski definition) is 0. The number of rotatable bonds is 3. The first-order valence-corrected chi connectivity index (χ1v) is 7.46. The maximum absolute atomic E-state index is 12.5. The molecule has 6 nitrogen and oxygen atoms in total. The minimum atomic E-state index is -0.271. The van der Waals surface area contributed by atoms with E-state index in [1.54, 1.807) is 18.8 Å². The number of aryl methyl sites for hydroxylation is 2. The maximum atomic E-state index is 12.5. The molecule has 0 saturated heterocycles. The van der Waals surface area contributed by atoms with Crippen LogP contribution < -0.4 is 11.2 Å². The molecule has 1 aliphatic rings. The Hall–Kier alpha value is -1.50. The Bertz CT molecular complexity index is 756. The summed E-state index contributed by atoms with van der Waals surface area (Å²) in [7, 11) is 1.68. The minimum Gasteiger partial charge on any atom is -0.312 e. The molecule has 0 fully saturated rings. The Labute approximate surface area is 114 Å². The summed E-state index contributed by atoms with van der Waals surface area (Å²) in [6.45, 7) is 3.31. The Morgan fingerprint density at radius 1 is 1.37 bits per heavy atom. The van der Waals surface area contributed by atoms with E-state index < -0.39 is 0 Å². The summed E-state index contributed by atoms with van der Waals surface area (Å²) in [5.41, 5.74) is 0.601. The van der Waals surface area contributed by atoms with Crippen LogP contribution in [0.2, 0.25) is 0 Å². The second kappa shape index (κ2) is 4.56. The van der Waals surface area contributed by atoms with Crippen LogP contribution >= 0.6 is 11.8 Å². The molecule has 0 aliphatic carbocycles. The summed E-state index contributed by atoms with van der Waals surface area (Å²) < 4.78 is 4.76. The molecule has 0 aromatic carbocycles. The molecular weight excluding hydrogens is 264 g/mol. The van der Waals surface area contributed by atoms with Crippen molar-refractivity contribution in [3.63, 3.8) is 0 Å². The van der Waals surface area contributed by atoms with E-state index in [4.69, 9.17) is 0 Å². The Morgan fingerprint density at radius 2 is 2.16 bits per heavy atom. The standard InChI is InChI=1S/C12H16N4O2S/c1-3-4-5-16-10(17)8-9(14(2)12(16)18)13-11-15(8)6-7-19-11/h3-7H2,1-2H3. The summed E-state index contributed by atoms with van der Waals surface area (Å²) in [6.07, 6.45) is 1.78. The number of thioether (sulfide) groups is 1. The van der Waals surface area contributed by atoms with Crippen molar-refractivity contribution in [3.8, 4) is 0 Å². The van der Waals surface area contributed by atoms with Crippen LogP contribution in [0.15, 0.2) is 14.7 Å². The van der Waals surface area contributed by atoms with Crippen LogP contribution in [0.25, 0.3) is 11.2 Å². The highest BCUT2D eigenvalue weighted by molar-refractivity contribution is 7.99. The van der Waals surface area contributed by atoms with Gasteiger partial charge in [-0.2, -0.15) is 0 Å². The number of unbranched alkanes of at least 4 members (excludes halogenated alkanes) is 1. The van der Waals surface area contributed by atoms with Crippen molar-refractivity contribution in [2.45, 2.75) is 38.0 Å². The molecule has 2 aromatic heterocycles. The largest absolute Gasteiger partial charge is 0.332 e. The van der Waals surface area contributed by atoms with Crippen LogP contribution in [0, 0.1) is 0 Å². The third-order valence-electron chi connectivity index (χ3n) is 3.48. The topological polar surface area (TPSA) is 61.8 Å². The molecule has 0 unspecified atom stereocenters. The molecule has 0 spiro atoms. The predicted molar refractivity (Wildman–Crippen MR) is 74.9 cm³/mol. The molecule has 0 atom stereocenters. The second-order valence-electron chi connectivity index (χ2n) is 4.72. The zero-order chi connectivity index (χ0) is 13.6. The maximum Gasteiger partial charge on any atom is 0.332 e. The van der Waals surface area contributed by atoms with Crippen molar-refractivity contribution in [3.05, 3.63) is 20.8 Å². The van der Waals surface area contributed by atoms with E-state index in [0.717, 1.165) is 30.3 Å². The highest BCUT2D eigenvalue weighted by atomic mass is 32.2. The molecule has 19 heavy (non-hydrogen) atoms. The van der Waals surface area contributed by atoms with Gasteiger partial charge in [0, 0.05) is 25.9 Å². The fourth-order valence-corrected chi connectivity index (χ4v) is 3.36. The van der Waals surface area contributed by atoms with Gasteiger partial charge in [0.2, 0.25) is 0 Å². The van der Waals surface area contributed by atoms with Crippen LogP contribution in [0.1, 0.15) is 19.8 Å². The molecule has 3 rings (SSSR count). The van der Waals surface area contributed by atoms with Gasteiger partial charge in [0.25, 0.3) is 5.56 Å². The molecule has 102 valence electrons. The Balaban J connectivity index is 2.34. The first-order chi connectivity index (χ1) is 9.15. The van der Waals surface area contributed by atoms with Crippen LogP contribution in [-0.4, -0.2) is 24.4 Å². The van der Waals surface area contributed by atoms with Gasteiger partial charge in [-0.15, -0.1) is 0 Å². The molecule has 0 saturated carbocycles. The van der Waals surface area contributed by atoms with Gasteiger partial charge in [-0.25, -0.2) is 9.78 Å². The van der Waals surface area contributed by atoms with Crippen LogP contribution in [0.4, 0.5) is 0 Å². The molecule has 0 radical (unpaired) electrons. The van der Waals surface area contributed by atoms with Gasteiger partial charge in [0.05, 0.1) is 0 Å². The molecule has 0 N–H and O–H groups in total. The average molecular weight is 280 g/mol. The smallest absolute Gasteiger partial charge is 0.312 e. The van der Waals surface area contributed by atoms with Crippen molar-refractivity contribution in [2.75, 3.05) is 5.75 Å². The van der Waals surface area contributed by atoms with E-state index >= 15 is 0 Å². The molecule has 0 amide bonds. The third kappa shape index (κ3) is 1.75. The lowest BCUT2D eigenvalue weighted by Crippen LogP contribution is -2.39. The Kier molecular flexibility index (Phi) is 3.00. The van der Waals surface area contributed by atoms with E-state index in [-0.39, 0.29) is 11.2 Å². The normalized spacial score (nSPS) is 14.2. The van der Waals surface area contributed by atoms with Gasteiger partial charge in [-0.1, -0.05) is 25.1 Å². The van der Waals surface area contributed by atoms with Gasteiger partial charge in [-0.3, -0.25) is 13.9 Å². The summed E-state index contributed by atoms with van der Waals surface area (Å²) in [5.74, 6) is 0.940. The highest BCUT2D eigenvalue weighted by Gasteiger charge is 2.23. The molecule has 1 aliphatic heterocycles. The van der Waals surface area contributed by atoms with E-state index in [1.165, 1.54) is 9.13 Å². The number of imidazole rings is 1. The highest BCUT2D eigenvalue weighted by Crippen LogP contribution is 2.27. The summed E-state index contributed by atoms with van der Waals surface area (Å²) >= 11 is 1.63. The van der Waals surface area contributed by atoms with Crippen molar-refractivity contribution < 1.29 is 0 Å². The van der Waals surface area contributed by atoms with Crippen molar-refractivity contribution in [1.82, 2.24) is 18.7 Å². The zero-order valence-corrected chi connectivity index (χ0v) is 11.9. The molecule has 2 aromatic rings. The lowest BCUT2D eigenvalue weighted by atomic mass is 10.3. The van der Waals surface area contributed by atoms with Gasteiger partial charge < -0.3 is 4.57 Å². The lowest BCUT2D eigenvalue weighted by molar-refractivity contribution is 0.564. The van der Waals surface area contributed by atoms with E-state index in [9.17, 15) is 9.59 Å². The monoisotopic (exact) mass is 280 g/mol. The predicted octanol–water partition coefficient (Wildman–Crippen LogP) is 0.802. The quantitative estimate of drug-likeness (QED) is 0.834. The van der Waals surface area contributed by atoms with Gasteiger partial charge in [0.1, 0.15) is 0 Å². The van der Waals surface area contributed by atoms with Crippen molar-refractivity contribution in [2.24, 2.45) is 7.05 Å². The van der Waals surface area contributed by atoms with E-state index in [0.29, 0.717) is 17.7 Å². The lowest BCUT2D eigenvalue weighted by Gasteiger charge is -2.08. The first-order valence-electron chi connectivity index (χ1n) is 6.48. The van der Waals surface area contributed by atoms with E-state index in [2.05, 4.69) is 4.98 Å². The first kappa shape index (κ1) is 12.5. The molecule has 0 bridgehead atoms. The van der Waals surface area contributed by atoms with Gasteiger partial charge in [0.15, 0.2) is 16.3 Å². The second-order valence-corrected chi connectivity index (χ2v) is 5.78.